The highest BCUT2D eigenvalue weighted by Gasteiger charge is 2.29. The molecule has 0 atom stereocenters. The summed E-state index contributed by atoms with van der Waals surface area (Å²) in [5.41, 5.74) is 16.9. The lowest BCUT2D eigenvalue weighted by atomic mass is 10.0. The highest BCUT2D eigenvalue weighted by molar-refractivity contribution is 7.90. The number of urea groups is 2. The normalized spacial score (nSPS) is 11.2. The van der Waals surface area contributed by atoms with Gasteiger partial charge in [-0.1, -0.05) is 117 Å². The molecule has 4 amide bonds. The van der Waals surface area contributed by atoms with Gasteiger partial charge in [0.25, 0.3) is 20.0 Å². The van der Waals surface area contributed by atoms with Gasteiger partial charge >= 0.3 is 12.1 Å². The maximum absolute atomic E-state index is 13.9. The zero-order valence-electron chi connectivity index (χ0n) is 58.1. The van der Waals surface area contributed by atoms with Crippen LogP contribution in [0.15, 0.2) is 260 Å². The number of carbonyl (C=O) groups is 5. The quantitative estimate of drug-likeness (QED) is 0.0221. The number of hydrogen-bond acceptors (Lipinski definition) is 16. The number of aromatic amines is 1. The van der Waals surface area contributed by atoms with Crippen LogP contribution in [0.2, 0.25) is 0 Å². The SMILES string of the molecule is CCCCNC(=O)Nc1cccc(C(=O)c2c[nH]c3ncc(-c4cccnc4)cc23)c1.CCCCNC(=O)Nc1cccc(C(=O)c2cn(S(=O)(=O)c3ccc(C)cc3)c3ncc(-c4cccnc4)cc23)c1.Cc1ccc(S(=O)(=O)n2cc(C(=O)c3cccc(N)c3)c3cc(-c4cccnc4)cnc32)cc1. The number of nitrogens with two attached hydrogens (primary N) is 1. The van der Waals surface area contributed by atoms with Gasteiger partial charge in [-0.05, 0) is 124 Å². The Hall–Kier alpha value is -13.1. The number of benzene rings is 5. The molecular weight excluding hydrogens is 1380 g/mol. The number of hydrogen-bond donors (Lipinski definition) is 6. The van der Waals surface area contributed by atoms with Gasteiger partial charge in [-0.2, -0.15) is 0 Å². The highest BCUT2D eigenvalue weighted by atomic mass is 32.2. The Bertz CT molecular complexity index is 5820. The fourth-order valence-electron chi connectivity index (χ4n) is 11.5. The van der Waals surface area contributed by atoms with E-state index in [2.05, 4.69) is 63.1 Å². The molecule has 9 heterocycles. The lowest BCUT2D eigenvalue weighted by Crippen LogP contribution is -2.29. The molecule has 14 aromatic rings. The van der Waals surface area contributed by atoms with Crippen LogP contribution < -0.4 is 27.0 Å². The van der Waals surface area contributed by atoms with Gasteiger partial charge in [-0.25, -0.2) is 49.3 Å². The second-order valence-electron chi connectivity index (χ2n) is 24.8. The van der Waals surface area contributed by atoms with Crippen LogP contribution in [0, 0.1) is 13.8 Å². The summed E-state index contributed by atoms with van der Waals surface area (Å²) in [6.45, 7) is 9.01. The molecule has 0 bridgehead atoms. The van der Waals surface area contributed by atoms with E-state index in [4.69, 9.17) is 5.73 Å². The van der Waals surface area contributed by atoms with Crippen molar-refractivity contribution in [3.8, 4) is 33.4 Å². The van der Waals surface area contributed by atoms with Crippen LogP contribution in [0.4, 0.5) is 26.7 Å². The molecule has 0 radical (unpaired) electrons. The number of nitrogens with zero attached hydrogens (tertiary/aromatic N) is 8. The zero-order valence-corrected chi connectivity index (χ0v) is 59.7. The number of aromatic nitrogens is 9. The standard InChI is InChI=1S/C31H29N5O4S.C26H20N4O3S.C24H23N5O2/c1-3-4-15-33-31(38)35-25-9-5-7-22(16-25)29(37)28-20-36(41(39,40)26-12-10-21(2)11-13-26)30-27(28)17-24(19-34-30)23-8-6-14-32-18-23;1-17-7-9-22(10-8-17)34(32,33)30-16-24(25(31)18-4-2-6-21(27)12-18)23-13-20(15-29-26(23)30)19-5-3-11-28-14-19;1-2-3-10-26-24(31)29-19-8-4-6-16(11-19)22(30)21-15-28-23-20(21)12-18(14-27-23)17-7-5-9-25-13-17/h5-14,16-20H,3-4,15H2,1-2H3,(H2,33,35,38);2-16H,27H2,1H3;4-9,11-15H,2-3,10H2,1H3,(H,27,28)(H2,26,29,31). The second-order valence-corrected chi connectivity index (χ2v) is 28.4. The summed E-state index contributed by atoms with van der Waals surface area (Å²) in [6, 6.07) is 49.0. The number of pyridine rings is 6. The molecule has 106 heavy (non-hydrogen) atoms. The monoisotopic (exact) mass is 1450 g/mol. The summed E-state index contributed by atoms with van der Waals surface area (Å²) in [5.74, 6) is -0.903. The lowest BCUT2D eigenvalue weighted by molar-refractivity contribution is 0.103. The average molecular weight is 1450 g/mol. The smallest absolute Gasteiger partial charge is 0.319 e. The topological polar surface area (TPSA) is 331 Å². The largest absolute Gasteiger partial charge is 0.399 e. The molecule has 532 valence electrons. The number of nitrogen functional groups attached to an aromatic ring is 1. The Labute approximate surface area is 611 Å². The van der Waals surface area contributed by atoms with Crippen molar-refractivity contribution in [3.05, 3.63) is 295 Å². The molecule has 0 saturated heterocycles. The van der Waals surface area contributed by atoms with E-state index in [1.54, 1.807) is 195 Å². The minimum atomic E-state index is -4.07. The fourth-order valence-corrected chi connectivity index (χ4v) is 14.2. The summed E-state index contributed by atoms with van der Waals surface area (Å²) >= 11 is 0. The Kier molecular flexibility index (Phi) is 22.2. The van der Waals surface area contributed by atoms with Gasteiger partial charge in [0.05, 0.1) is 20.9 Å². The zero-order chi connectivity index (χ0) is 74.5. The predicted octanol–water partition coefficient (Wildman–Crippen LogP) is 15.0. The van der Waals surface area contributed by atoms with Gasteiger partial charge in [0.2, 0.25) is 0 Å². The first-order valence-corrected chi connectivity index (χ1v) is 36.8. The third-order valence-corrected chi connectivity index (χ3v) is 20.5. The van der Waals surface area contributed by atoms with Crippen molar-refractivity contribution in [2.24, 2.45) is 0 Å². The molecule has 0 fully saturated rings. The summed E-state index contributed by atoms with van der Waals surface area (Å²) in [4.78, 5) is 94.0. The third-order valence-electron chi connectivity index (χ3n) is 17.2. The molecule has 0 aliphatic heterocycles. The molecular formula is C81H72N14O9S2. The number of rotatable bonds is 21. The van der Waals surface area contributed by atoms with Crippen molar-refractivity contribution in [1.29, 1.82) is 0 Å². The van der Waals surface area contributed by atoms with E-state index in [1.807, 2.05) is 51.1 Å². The van der Waals surface area contributed by atoms with E-state index in [1.165, 1.54) is 24.5 Å². The summed E-state index contributed by atoms with van der Waals surface area (Å²) < 4.78 is 56.6. The van der Waals surface area contributed by atoms with E-state index in [0.717, 1.165) is 72.4 Å². The first-order chi connectivity index (χ1) is 51.3. The molecule has 0 aliphatic carbocycles. The molecule has 0 unspecified atom stereocenters. The van der Waals surface area contributed by atoms with Crippen LogP contribution in [-0.2, 0) is 20.0 Å². The maximum Gasteiger partial charge on any atom is 0.319 e. The molecule has 23 nitrogen and oxygen atoms in total. The van der Waals surface area contributed by atoms with E-state index >= 15 is 0 Å². The molecule has 0 saturated carbocycles. The average Bonchev–Trinajstić information content (AvgIpc) is 1.58. The number of carbonyl (C=O) groups excluding carboxylic acids is 5. The summed E-state index contributed by atoms with van der Waals surface area (Å²) in [7, 11) is -8.06. The number of unbranched alkanes of at least 4 members (excludes halogenated alkanes) is 2. The predicted molar refractivity (Wildman–Crippen MR) is 411 cm³/mol. The van der Waals surface area contributed by atoms with Crippen LogP contribution in [0.3, 0.4) is 0 Å². The minimum Gasteiger partial charge on any atom is -0.399 e. The van der Waals surface area contributed by atoms with Crippen LogP contribution in [-0.4, -0.2) is 102 Å². The molecule has 7 N–H and O–H groups in total. The fraction of sp³-hybridized carbons (Fsp3) is 0.123. The van der Waals surface area contributed by atoms with E-state index < -0.39 is 25.8 Å². The Morgan fingerprint density at radius 2 is 0.830 bits per heavy atom. The van der Waals surface area contributed by atoms with Gasteiger partial charge < -0.3 is 32.0 Å². The number of amides is 4. The molecule has 0 aliphatic rings. The van der Waals surface area contributed by atoms with Crippen molar-refractivity contribution in [2.75, 3.05) is 29.5 Å². The van der Waals surface area contributed by atoms with Gasteiger partial charge in [-0.3, -0.25) is 29.3 Å². The Balaban J connectivity index is 0.000000151. The van der Waals surface area contributed by atoms with Gasteiger partial charge in [-0.15, -0.1) is 0 Å². The molecule has 25 heteroatoms. The Morgan fingerprint density at radius 1 is 0.434 bits per heavy atom. The third kappa shape index (κ3) is 16.5. The number of aryl methyl sites for hydroxylation is 2. The highest BCUT2D eigenvalue weighted by Crippen LogP contribution is 2.34. The van der Waals surface area contributed by atoms with Crippen LogP contribution in [0.1, 0.15) is 98.4 Å². The van der Waals surface area contributed by atoms with Crippen LogP contribution >= 0.6 is 0 Å². The second kappa shape index (κ2) is 32.5. The van der Waals surface area contributed by atoms with Gasteiger partial charge in [0, 0.05) is 176 Å². The number of H-pyrrole nitrogens is 1. The van der Waals surface area contributed by atoms with E-state index in [-0.39, 0.29) is 61.4 Å². The number of fused-ring (bicyclic) bond motifs is 3. The summed E-state index contributed by atoms with van der Waals surface area (Å²) in [6.07, 6.45) is 23.1. The van der Waals surface area contributed by atoms with Crippen molar-refractivity contribution in [1.82, 2.24) is 53.5 Å². The minimum absolute atomic E-state index is 0.0809. The van der Waals surface area contributed by atoms with Crippen molar-refractivity contribution in [2.45, 2.75) is 63.2 Å². The number of anilines is 3. The number of nitrogens with one attached hydrogen (secondary N) is 5. The van der Waals surface area contributed by atoms with Gasteiger partial charge in [0.15, 0.2) is 28.6 Å². The molecule has 5 aromatic carbocycles. The lowest BCUT2D eigenvalue weighted by Gasteiger charge is -2.08. The van der Waals surface area contributed by atoms with Crippen LogP contribution in [0.5, 0.6) is 0 Å². The van der Waals surface area contributed by atoms with E-state index in [0.29, 0.717) is 74.4 Å². The maximum atomic E-state index is 13.9. The molecule has 14 rings (SSSR count). The molecule has 9 aromatic heterocycles. The summed E-state index contributed by atoms with van der Waals surface area (Å²) in [5, 5.41) is 12.6. The number of ketones is 3. The first-order valence-electron chi connectivity index (χ1n) is 33.9. The van der Waals surface area contributed by atoms with Crippen LogP contribution in [0.25, 0.3) is 66.5 Å². The first kappa shape index (κ1) is 72.7. The van der Waals surface area contributed by atoms with Gasteiger partial charge in [0.1, 0.15) is 5.65 Å². The Morgan fingerprint density at radius 3 is 1.24 bits per heavy atom. The molecule has 0 spiro atoms. The van der Waals surface area contributed by atoms with E-state index in [9.17, 15) is 40.8 Å². The van der Waals surface area contributed by atoms with Crippen molar-refractivity contribution >= 4 is 99.6 Å². The van der Waals surface area contributed by atoms with Crippen molar-refractivity contribution < 1.29 is 40.8 Å². The van der Waals surface area contributed by atoms with Crippen molar-refractivity contribution in [3.63, 3.8) is 0 Å².